The number of hydrogen-bond acceptors (Lipinski definition) is 6. The molecule has 0 unspecified atom stereocenters. The third-order valence-electron chi connectivity index (χ3n) is 5.45. The average molecular weight is 475 g/mol. The van der Waals surface area contributed by atoms with Gasteiger partial charge in [-0.25, -0.2) is 13.1 Å². The molecule has 32 heavy (non-hydrogen) atoms. The van der Waals surface area contributed by atoms with E-state index in [1.54, 1.807) is 34.3 Å². The maximum Gasteiger partial charge on any atom is 0.256 e. The minimum atomic E-state index is -3.78. The molecule has 1 saturated heterocycles. The summed E-state index contributed by atoms with van der Waals surface area (Å²) in [6.45, 7) is 1.49. The van der Waals surface area contributed by atoms with Gasteiger partial charge in [0.2, 0.25) is 10.0 Å². The Labute approximate surface area is 191 Å². The Balaban J connectivity index is 1.58. The maximum atomic E-state index is 13.3. The minimum absolute atomic E-state index is 0.0154. The van der Waals surface area contributed by atoms with Crippen LogP contribution in [-0.4, -0.2) is 48.6 Å². The molecule has 0 bridgehead atoms. The van der Waals surface area contributed by atoms with Crippen LogP contribution in [0, 0.1) is 0 Å². The predicted molar refractivity (Wildman–Crippen MR) is 124 cm³/mol. The Bertz CT molecular complexity index is 1160. The van der Waals surface area contributed by atoms with Crippen molar-refractivity contribution in [1.82, 2.24) is 14.1 Å². The van der Waals surface area contributed by atoms with E-state index in [1.165, 1.54) is 23.5 Å². The van der Waals surface area contributed by atoms with Gasteiger partial charge < -0.3 is 10.1 Å². The van der Waals surface area contributed by atoms with E-state index in [4.69, 9.17) is 4.74 Å². The number of ether oxygens (including phenoxy) is 1. The standard InChI is InChI=1S/C22H26N4O4S2/c1-30-19-9-8-17(15-20(19)32(28,29)25-12-4-2-3-5-13-25)22(27)24-21-10-11-23-26(21)16-18-7-6-14-31-18/h6-11,14-15H,2-5,12-13,16H2,1H3,(H,24,27). The second-order valence-corrected chi connectivity index (χ2v) is 10.5. The first-order valence-electron chi connectivity index (χ1n) is 10.5. The molecule has 0 saturated carbocycles. The second-order valence-electron chi connectivity index (χ2n) is 7.59. The largest absolute Gasteiger partial charge is 0.495 e. The fourth-order valence-electron chi connectivity index (χ4n) is 3.74. The number of benzene rings is 1. The lowest BCUT2D eigenvalue weighted by Gasteiger charge is -2.21. The van der Waals surface area contributed by atoms with Gasteiger partial charge in [0.1, 0.15) is 16.5 Å². The van der Waals surface area contributed by atoms with Crippen molar-refractivity contribution in [1.29, 1.82) is 0 Å². The summed E-state index contributed by atoms with van der Waals surface area (Å²) in [6, 6.07) is 10.2. The van der Waals surface area contributed by atoms with E-state index in [1.807, 2.05) is 17.5 Å². The van der Waals surface area contributed by atoms with Gasteiger partial charge in [0.25, 0.3) is 5.91 Å². The highest BCUT2D eigenvalue weighted by Crippen LogP contribution is 2.29. The van der Waals surface area contributed by atoms with E-state index in [9.17, 15) is 13.2 Å². The van der Waals surface area contributed by atoms with Crippen molar-refractivity contribution in [3.05, 3.63) is 58.4 Å². The zero-order valence-corrected chi connectivity index (χ0v) is 19.5. The van der Waals surface area contributed by atoms with Gasteiger partial charge in [-0.1, -0.05) is 18.9 Å². The number of rotatable bonds is 7. The number of hydrogen-bond donors (Lipinski definition) is 1. The molecule has 1 N–H and O–H groups in total. The molecule has 0 atom stereocenters. The smallest absolute Gasteiger partial charge is 0.256 e. The summed E-state index contributed by atoms with van der Waals surface area (Å²) >= 11 is 1.61. The van der Waals surface area contributed by atoms with Crippen LogP contribution >= 0.6 is 11.3 Å². The van der Waals surface area contributed by atoms with Gasteiger partial charge in [-0.3, -0.25) is 4.79 Å². The number of nitrogens with one attached hydrogen (secondary N) is 1. The molecular weight excluding hydrogens is 448 g/mol. The maximum absolute atomic E-state index is 13.3. The van der Waals surface area contributed by atoms with Crippen molar-refractivity contribution < 1.29 is 17.9 Å². The monoisotopic (exact) mass is 474 g/mol. The highest BCUT2D eigenvalue weighted by Gasteiger charge is 2.29. The quantitative estimate of drug-likeness (QED) is 0.562. The highest BCUT2D eigenvalue weighted by atomic mass is 32.2. The number of methoxy groups -OCH3 is 1. The van der Waals surface area contributed by atoms with Crippen molar-refractivity contribution in [3.63, 3.8) is 0 Å². The third-order valence-corrected chi connectivity index (χ3v) is 8.23. The Morgan fingerprint density at radius 1 is 1.16 bits per heavy atom. The minimum Gasteiger partial charge on any atom is -0.495 e. The molecule has 1 aromatic carbocycles. The third kappa shape index (κ3) is 4.87. The van der Waals surface area contributed by atoms with Crippen LogP contribution in [0.5, 0.6) is 5.75 Å². The van der Waals surface area contributed by atoms with Gasteiger partial charge in [-0.05, 0) is 42.5 Å². The molecule has 0 aliphatic carbocycles. The van der Waals surface area contributed by atoms with Crippen molar-refractivity contribution in [3.8, 4) is 5.75 Å². The lowest BCUT2D eigenvalue weighted by molar-refractivity contribution is 0.102. The summed E-state index contributed by atoms with van der Waals surface area (Å²) < 4.78 is 35.2. The van der Waals surface area contributed by atoms with Crippen LogP contribution in [0.15, 0.2) is 52.9 Å². The Morgan fingerprint density at radius 2 is 1.94 bits per heavy atom. The van der Waals surface area contributed by atoms with Crippen LogP contribution in [0.1, 0.15) is 40.9 Å². The van der Waals surface area contributed by atoms with E-state index < -0.39 is 15.9 Å². The number of thiophene rings is 1. The fraction of sp³-hybridized carbons (Fsp3) is 0.364. The molecule has 3 heterocycles. The molecule has 1 fully saturated rings. The van der Waals surface area contributed by atoms with E-state index >= 15 is 0 Å². The molecule has 170 valence electrons. The second kappa shape index (κ2) is 9.85. The van der Waals surface area contributed by atoms with E-state index in [0.717, 1.165) is 30.6 Å². The lowest BCUT2D eigenvalue weighted by Crippen LogP contribution is -2.32. The van der Waals surface area contributed by atoms with Gasteiger partial charge in [-0.2, -0.15) is 9.40 Å². The zero-order chi connectivity index (χ0) is 22.6. The van der Waals surface area contributed by atoms with Crippen molar-refractivity contribution in [2.24, 2.45) is 0 Å². The Hall–Kier alpha value is -2.69. The summed E-state index contributed by atoms with van der Waals surface area (Å²) in [4.78, 5) is 14.1. The number of amides is 1. The van der Waals surface area contributed by atoms with Crippen LogP contribution in [-0.2, 0) is 16.6 Å². The molecule has 8 nitrogen and oxygen atoms in total. The van der Waals surface area contributed by atoms with Crippen LogP contribution in [0.2, 0.25) is 0 Å². The summed E-state index contributed by atoms with van der Waals surface area (Å²) in [6.07, 6.45) is 5.31. The highest BCUT2D eigenvalue weighted by molar-refractivity contribution is 7.89. The molecule has 1 aliphatic rings. The van der Waals surface area contributed by atoms with Crippen molar-refractivity contribution >= 4 is 33.1 Å². The van der Waals surface area contributed by atoms with Crippen LogP contribution in [0.25, 0.3) is 0 Å². The van der Waals surface area contributed by atoms with Crippen LogP contribution in [0.4, 0.5) is 5.82 Å². The fourth-order valence-corrected chi connectivity index (χ4v) is 6.13. The summed E-state index contributed by atoms with van der Waals surface area (Å²) in [5.74, 6) is 0.359. The van der Waals surface area contributed by atoms with Gasteiger partial charge in [0.15, 0.2) is 0 Å². The van der Waals surface area contributed by atoms with E-state index in [2.05, 4.69) is 10.4 Å². The van der Waals surface area contributed by atoms with Gasteiger partial charge in [0.05, 0.1) is 19.9 Å². The molecule has 0 radical (unpaired) electrons. The van der Waals surface area contributed by atoms with Gasteiger partial charge >= 0.3 is 0 Å². The Morgan fingerprint density at radius 3 is 2.62 bits per heavy atom. The lowest BCUT2D eigenvalue weighted by atomic mass is 10.2. The normalized spacial score (nSPS) is 15.3. The number of aromatic nitrogens is 2. The van der Waals surface area contributed by atoms with E-state index in [0.29, 0.717) is 25.5 Å². The Kier molecular flexibility index (Phi) is 6.92. The number of anilines is 1. The number of carbonyl (C=O) groups excluding carboxylic acids is 1. The van der Waals surface area contributed by atoms with E-state index in [-0.39, 0.29) is 16.2 Å². The number of sulfonamides is 1. The molecule has 10 heteroatoms. The van der Waals surface area contributed by atoms with Crippen molar-refractivity contribution in [2.75, 3.05) is 25.5 Å². The predicted octanol–water partition coefficient (Wildman–Crippen LogP) is 3.82. The molecule has 2 aromatic heterocycles. The number of nitrogens with zero attached hydrogens (tertiary/aromatic N) is 3. The summed E-state index contributed by atoms with van der Waals surface area (Å²) in [7, 11) is -2.35. The summed E-state index contributed by atoms with van der Waals surface area (Å²) in [5.41, 5.74) is 0.239. The number of carbonyl (C=O) groups is 1. The topological polar surface area (TPSA) is 93.5 Å². The van der Waals surface area contributed by atoms with Gasteiger partial charge in [0, 0.05) is 29.6 Å². The first-order valence-corrected chi connectivity index (χ1v) is 12.8. The molecule has 3 aromatic rings. The van der Waals surface area contributed by atoms with Crippen LogP contribution < -0.4 is 10.1 Å². The molecule has 4 rings (SSSR count). The molecular formula is C22H26N4O4S2. The average Bonchev–Trinajstić information content (AvgIpc) is 3.38. The molecule has 0 spiro atoms. The molecule has 1 amide bonds. The first-order chi connectivity index (χ1) is 15.5. The first kappa shape index (κ1) is 22.5. The molecule has 1 aliphatic heterocycles. The SMILES string of the molecule is COc1ccc(C(=O)Nc2ccnn2Cc2cccs2)cc1S(=O)(=O)N1CCCCCC1. The van der Waals surface area contributed by atoms with Gasteiger partial charge in [-0.15, -0.1) is 11.3 Å². The summed E-state index contributed by atoms with van der Waals surface area (Å²) in [5, 5.41) is 9.11. The zero-order valence-electron chi connectivity index (χ0n) is 17.9. The van der Waals surface area contributed by atoms with Crippen molar-refractivity contribution in [2.45, 2.75) is 37.1 Å². The van der Waals surface area contributed by atoms with Crippen LogP contribution in [0.3, 0.4) is 0 Å².